The number of carbonyl (C=O) groups excluding carboxylic acids is 3. The lowest BCUT2D eigenvalue weighted by atomic mass is 9.84. The molecule has 3 N–H and O–H groups in total. The van der Waals surface area contributed by atoms with Crippen molar-refractivity contribution in [2.75, 3.05) is 13.1 Å². The summed E-state index contributed by atoms with van der Waals surface area (Å²) in [5.74, 6) is -0.203. The van der Waals surface area contributed by atoms with Gasteiger partial charge in [-0.25, -0.2) is 9.79 Å². The van der Waals surface area contributed by atoms with Crippen LogP contribution in [-0.4, -0.2) is 47.4 Å². The van der Waals surface area contributed by atoms with Gasteiger partial charge >= 0.3 is 6.09 Å². The normalized spacial score (nSPS) is 13.1. The highest BCUT2D eigenvalue weighted by Crippen LogP contribution is 2.28. The van der Waals surface area contributed by atoms with Crippen LogP contribution in [0.25, 0.3) is 16.8 Å². The second-order valence-corrected chi connectivity index (χ2v) is 12.6. The third-order valence-electron chi connectivity index (χ3n) is 6.99. The minimum Gasteiger partial charge on any atom is -0.444 e. The molecule has 230 valence electrons. The molecule has 2 heterocycles. The maximum absolute atomic E-state index is 12.9. The fourth-order valence-electron chi connectivity index (χ4n) is 4.81. The van der Waals surface area contributed by atoms with Crippen LogP contribution in [-0.2, 0) is 14.9 Å². The Morgan fingerprint density at radius 1 is 0.841 bits per heavy atom. The minimum absolute atomic E-state index is 0.197. The van der Waals surface area contributed by atoms with Gasteiger partial charge in [0.15, 0.2) is 0 Å². The Hall–Kier alpha value is -4.79. The van der Waals surface area contributed by atoms with E-state index in [-0.39, 0.29) is 18.4 Å². The van der Waals surface area contributed by atoms with Gasteiger partial charge in [-0.1, -0.05) is 50.3 Å². The summed E-state index contributed by atoms with van der Waals surface area (Å²) >= 11 is 0. The highest BCUT2D eigenvalue weighted by Gasteiger charge is 2.25. The molecule has 0 bridgehead atoms. The van der Waals surface area contributed by atoms with Crippen molar-refractivity contribution in [3.63, 3.8) is 0 Å². The number of carbonyl (C=O) groups is 3. The van der Waals surface area contributed by atoms with Gasteiger partial charge in [-0.2, -0.15) is 0 Å². The van der Waals surface area contributed by atoms with Gasteiger partial charge in [-0.05, 0) is 81.6 Å². The lowest BCUT2D eigenvalue weighted by Crippen LogP contribution is -2.40. The van der Waals surface area contributed by atoms with Gasteiger partial charge in [0.1, 0.15) is 11.4 Å². The van der Waals surface area contributed by atoms with Crippen LogP contribution in [0.15, 0.2) is 71.7 Å². The first-order chi connectivity index (χ1) is 20.7. The number of benzene rings is 2. The van der Waals surface area contributed by atoms with Gasteiger partial charge in [0.25, 0.3) is 5.91 Å². The molecule has 0 spiro atoms. The number of amidine groups is 1. The summed E-state index contributed by atoms with van der Waals surface area (Å²) in [6.07, 6.45) is 1.96. The first-order valence-electron chi connectivity index (χ1n) is 14.7. The van der Waals surface area contributed by atoms with Crippen molar-refractivity contribution >= 4 is 29.4 Å². The van der Waals surface area contributed by atoms with Gasteiger partial charge in [0.05, 0.1) is 12.2 Å². The van der Waals surface area contributed by atoms with Crippen LogP contribution in [0.4, 0.5) is 4.79 Å². The molecular weight excluding hydrogens is 554 g/mol. The Morgan fingerprint density at radius 2 is 1.52 bits per heavy atom. The van der Waals surface area contributed by atoms with Crippen LogP contribution < -0.4 is 16.0 Å². The summed E-state index contributed by atoms with van der Waals surface area (Å²) in [7, 11) is 0. The van der Waals surface area contributed by atoms with Gasteiger partial charge in [0, 0.05) is 40.9 Å². The second-order valence-electron chi connectivity index (χ2n) is 12.6. The maximum Gasteiger partial charge on any atom is 0.407 e. The number of nitrogens with one attached hydrogen (secondary N) is 3. The molecule has 9 heteroatoms. The van der Waals surface area contributed by atoms with Crippen molar-refractivity contribution in [3.05, 3.63) is 94.8 Å². The summed E-state index contributed by atoms with van der Waals surface area (Å²) in [4.78, 5) is 46.8. The number of hydrogen-bond donors (Lipinski definition) is 3. The van der Waals surface area contributed by atoms with E-state index in [1.807, 2.05) is 52.0 Å². The molecule has 0 saturated heterocycles. The zero-order valence-electron chi connectivity index (χ0n) is 26.5. The average Bonchev–Trinajstić information content (AvgIpc) is 3.42. The topological polar surface area (TPSA) is 122 Å². The van der Waals surface area contributed by atoms with Crippen molar-refractivity contribution in [3.8, 4) is 11.1 Å². The smallest absolute Gasteiger partial charge is 0.407 e. The lowest BCUT2D eigenvalue weighted by molar-refractivity contribution is -0.118. The highest BCUT2D eigenvalue weighted by atomic mass is 16.6. The SMILES string of the molecule is Cc1cc(-c2cccc(C3=CCC(NC(=O)CNC(=O)c4cccc(C(C)(C)CNC(=O)OC(C)(C)C)c4)=N3)c2)cc(C)n1. The summed E-state index contributed by atoms with van der Waals surface area (Å²) in [5, 5.41) is 8.29. The Morgan fingerprint density at radius 3 is 2.23 bits per heavy atom. The molecule has 0 unspecified atom stereocenters. The van der Waals surface area contributed by atoms with Crippen LogP contribution in [0, 0.1) is 13.8 Å². The van der Waals surface area contributed by atoms with Crippen LogP contribution in [0.1, 0.15) is 73.9 Å². The summed E-state index contributed by atoms with van der Waals surface area (Å²) in [6.45, 7) is 13.4. The van der Waals surface area contributed by atoms with E-state index in [1.54, 1.807) is 39.0 Å². The first-order valence-corrected chi connectivity index (χ1v) is 14.7. The number of nitrogens with zero attached hydrogens (tertiary/aromatic N) is 2. The number of aryl methyl sites for hydroxylation is 2. The Bertz CT molecular complexity index is 1610. The molecule has 1 aliphatic rings. The molecule has 0 saturated carbocycles. The van der Waals surface area contributed by atoms with Gasteiger partial charge in [0.2, 0.25) is 5.91 Å². The minimum atomic E-state index is -0.590. The van der Waals surface area contributed by atoms with E-state index >= 15 is 0 Å². The average molecular weight is 596 g/mol. The zero-order chi connectivity index (χ0) is 32.1. The van der Waals surface area contributed by atoms with E-state index in [0.29, 0.717) is 24.4 Å². The molecule has 9 nitrogen and oxygen atoms in total. The van der Waals surface area contributed by atoms with E-state index in [0.717, 1.165) is 39.3 Å². The Balaban J connectivity index is 1.31. The molecule has 3 amide bonds. The zero-order valence-corrected chi connectivity index (χ0v) is 26.5. The summed E-state index contributed by atoms with van der Waals surface area (Å²) in [5.41, 5.74) is 6.05. The Labute approximate surface area is 259 Å². The number of pyridine rings is 1. The predicted octanol–water partition coefficient (Wildman–Crippen LogP) is 5.86. The number of hydrogen-bond acceptors (Lipinski definition) is 6. The fraction of sp³-hybridized carbons (Fsp3) is 0.343. The van der Waals surface area contributed by atoms with Crippen molar-refractivity contribution in [1.29, 1.82) is 0 Å². The van der Waals surface area contributed by atoms with Crippen LogP contribution in [0.2, 0.25) is 0 Å². The summed E-state index contributed by atoms with van der Waals surface area (Å²) < 4.78 is 5.32. The monoisotopic (exact) mass is 595 g/mol. The molecular formula is C35H41N5O4. The van der Waals surface area contributed by atoms with Gasteiger partial charge in [-0.15, -0.1) is 0 Å². The number of alkyl carbamates (subject to hydrolysis) is 1. The molecule has 0 radical (unpaired) electrons. The molecule has 0 atom stereocenters. The third-order valence-corrected chi connectivity index (χ3v) is 6.99. The van der Waals surface area contributed by atoms with Crippen LogP contribution in [0.3, 0.4) is 0 Å². The van der Waals surface area contributed by atoms with E-state index in [9.17, 15) is 14.4 Å². The largest absolute Gasteiger partial charge is 0.444 e. The second kappa shape index (κ2) is 13.2. The van der Waals surface area contributed by atoms with Crippen LogP contribution in [0.5, 0.6) is 0 Å². The standard InChI is InChI=1S/C35H41N5O4/c1-22-16-27(17-23(2)38-22)24-10-8-11-25(18-24)29-14-15-30(39-29)40-31(41)20-36-32(42)26-12-9-13-28(19-26)35(6,7)21-37-33(43)44-34(3,4)5/h8-14,16-19H,15,20-21H2,1-7H3,(H,36,42)(H,37,43)(H,39,40,41). The van der Waals surface area contributed by atoms with Crippen molar-refractivity contribution in [1.82, 2.24) is 20.9 Å². The maximum atomic E-state index is 12.9. The van der Waals surface area contributed by atoms with Crippen molar-refractivity contribution in [2.24, 2.45) is 4.99 Å². The predicted molar refractivity (Wildman–Crippen MR) is 173 cm³/mol. The Kier molecular flexibility index (Phi) is 9.67. The molecule has 0 fully saturated rings. The van der Waals surface area contributed by atoms with Crippen LogP contribution >= 0.6 is 0 Å². The van der Waals surface area contributed by atoms with E-state index in [1.165, 1.54) is 0 Å². The quantitative estimate of drug-likeness (QED) is 0.301. The van der Waals surface area contributed by atoms with Gasteiger partial charge < -0.3 is 20.7 Å². The van der Waals surface area contributed by atoms with Crippen molar-refractivity contribution < 1.29 is 19.1 Å². The number of amides is 3. The molecule has 1 aromatic heterocycles. The molecule has 44 heavy (non-hydrogen) atoms. The number of ether oxygens (including phenoxy) is 1. The highest BCUT2D eigenvalue weighted by molar-refractivity contribution is 6.05. The number of rotatable bonds is 8. The van der Waals surface area contributed by atoms with Gasteiger partial charge in [-0.3, -0.25) is 14.6 Å². The number of aromatic nitrogens is 1. The fourth-order valence-corrected chi connectivity index (χ4v) is 4.81. The molecule has 3 aromatic rings. The van der Waals surface area contributed by atoms with E-state index in [4.69, 9.17) is 4.74 Å². The molecule has 1 aliphatic heterocycles. The molecule has 2 aromatic carbocycles. The van der Waals surface area contributed by atoms with E-state index < -0.39 is 17.1 Å². The third kappa shape index (κ3) is 8.86. The lowest BCUT2D eigenvalue weighted by Gasteiger charge is -2.27. The molecule has 4 rings (SSSR count). The number of aliphatic imine (C=N–C) groups is 1. The van der Waals surface area contributed by atoms with E-state index in [2.05, 4.69) is 50.2 Å². The summed E-state index contributed by atoms with van der Waals surface area (Å²) in [6, 6.07) is 19.4. The molecule has 0 aliphatic carbocycles. The van der Waals surface area contributed by atoms with Crippen molar-refractivity contribution in [2.45, 2.75) is 65.9 Å². The first kappa shape index (κ1) is 32.1.